The van der Waals surface area contributed by atoms with Crippen molar-refractivity contribution in [2.45, 2.75) is 19.3 Å². The Labute approximate surface area is 169 Å². The summed E-state index contributed by atoms with van der Waals surface area (Å²) >= 11 is 1.20. The number of fused-ring (bicyclic) bond motifs is 1. The summed E-state index contributed by atoms with van der Waals surface area (Å²) in [6.45, 7) is 0. The number of carbonyl (C=O) groups excluding carboxylic acids is 2. The van der Waals surface area contributed by atoms with Crippen molar-refractivity contribution < 1.29 is 18.4 Å². The maximum Gasteiger partial charge on any atom is 0.227 e. The van der Waals surface area contributed by atoms with Gasteiger partial charge in [0.25, 0.3) is 0 Å². The Bertz CT molecular complexity index is 1080. The summed E-state index contributed by atoms with van der Waals surface area (Å²) < 4.78 is 26.4. The van der Waals surface area contributed by atoms with Crippen molar-refractivity contribution in [2.75, 3.05) is 10.6 Å². The standard InChI is InChI=1S/C21H17F2N3O2S/c22-15-7-5-13(10-16(15)23)18-11-29-21(25-18)26-19(27)8-6-14-9-12-3-1-2-4-17(12)24-20(14)28/h1-5,7,10-11,14H,6,8-9H2,(H,24,28)(H,25,26,27). The highest BCUT2D eigenvalue weighted by Crippen LogP contribution is 2.29. The molecule has 0 spiro atoms. The van der Waals surface area contributed by atoms with Gasteiger partial charge in [-0.25, -0.2) is 13.8 Å². The number of hydrogen-bond acceptors (Lipinski definition) is 4. The van der Waals surface area contributed by atoms with Crippen LogP contribution in [0.1, 0.15) is 18.4 Å². The molecule has 2 heterocycles. The van der Waals surface area contributed by atoms with E-state index in [0.717, 1.165) is 23.4 Å². The Kier molecular flexibility index (Phi) is 5.35. The fraction of sp³-hybridized carbons (Fsp3) is 0.190. The molecule has 4 rings (SSSR count). The molecule has 1 aliphatic heterocycles. The molecule has 0 bridgehead atoms. The van der Waals surface area contributed by atoms with Gasteiger partial charge < -0.3 is 10.6 Å². The third kappa shape index (κ3) is 4.32. The van der Waals surface area contributed by atoms with Gasteiger partial charge in [-0.05, 0) is 42.7 Å². The van der Waals surface area contributed by atoms with Crippen molar-refractivity contribution in [3.05, 3.63) is 65.0 Å². The molecule has 1 unspecified atom stereocenters. The predicted molar refractivity (Wildman–Crippen MR) is 108 cm³/mol. The smallest absolute Gasteiger partial charge is 0.227 e. The van der Waals surface area contributed by atoms with Gasteiger partial charge in [0.2, 0.25) is 11.8 Å². The van der Waals surface area contributed by atoms with E-state index in [1.165, 1.54) is 17.4 Å². The highest BCUT2D eigenvalue weighted by Gasteiger charge is 2.26. The minimum atomic E-state index is -0.951. The first-order valence-corrected chi connectivity index (χ1v) is 9.97. The summed E-state index contributed by atoms with van der Waals surface area (Å²) in [5, 5.41) is 7.60. The molecule has 0 aliphatic carbocycles. The molecular formula is C21H17F2N3O2S. The molecular weight excluding hydrogens is 396 g/mol. The van der Waals surface area contributed by atoms with Crippen LogP contribution in [0, 0.1) is 17.6 Å². The molecule has 8 heteroatoms. The van der Waals surface area contributed by atoms with E-state index in [0.29, 0.717) is 29.2 Å². The van der Waals surface area contributed by atoms with Crippen LogP contribution < -0.4 is 10.6 Å². The van der Waals surface area contributed by atoms with Crippen LogP contribution in [-0.2, 0) is 16.0 Å². The summed E-state index contributed by atoms with van der Waals surface area (Å²) in [6, 6.07) is 11.2. The van der Waals surface area contributed by atoms with E-state index >= 15 is 0 Å². The van der Waals surface area contributed by atoms with Gasteiger partial charge in [0.1, 0.15) is 0 Å². The van der Waals surface area contributed by atoms with E-state index < -0.39 is 11.6 Å². The number of amides is 2. The first-order valence-electron chi connectivity index (χ1n) is 9.09. The number of para-hydroxylation sites is 1. The second kappa shape index (κ2) is 8.08. The van der Waals surface area contributed by atoms with Crippen LogP contribution in [0.15, 0.2) is 47.8 Å². The Balaban J connectivity index is 1.34. The van der Waals surface area contributed by atoms with E-state index in [2.05, 4.69) is 15.6 Å². The van der Waals surface area contributed by atoms with Gasteiger partial charge in [0.05, 0.1) is 5.69 Å². The van der Waals surface area contributed by atoms with Gasteiger partial charge >= 0.3 is 0 Å². The number of aromatic nitrogens is 1. The van der Waals surface area contributed by atoms with Crippen molar-refractivity contribution in [3.63, 3.8) is 0 Å². The Morgan fingerprint density at radius 2 is 2.03 bits per heavy atom. The quantitative estimate of drug-likeness (QED) is 0.641. The lowest BCUT2D eigenvalue weighted by Gasteiger charge is -2.24. The molecule has 0 saturated carbocycles. The maximum absolute atomic E-state index is 13.4. The molecule has 3 aromatic rings. The van der Waals surface area contributed by atoms with Gasteiger partial charge in [-0.1, -0.05) is 18.2 Å². The molecule has 0 fully saturated rings. The normalized spacial score (nSPS) is 15.5. The number of thiazole rings is 1. The second-order valence-electron chi connectivity index (χ2n) is 6.80. The monoisotopic (exact) mass is 413 g/mol. The number of rotatable bonds is 5. The number of halogens is 2. The molecule has 1 atom stereocenters. The Morgan fingerprint density at radius 1 is 1.21 bits per heavy atom. The zero-order valence-electron chi connectivity index (χ0n) is 15.2. The summed E-state index contributed by atoms with van der Waals surface area (Å²) in [7, 11) is 0. The minimum absolute atomic E-state index is 0.0774. The van der Waals surface area contributed by atoms with Crippen LogP contribution in [0.5, 0.6) is 0 Å². The summed E-state index contributed by atoms with van der Waals surface area (Å²) in [6.07, 6.45) is 1.21. The molecule has 0 radical (unpaired) electrons. The lowest BCUT2D eigenvalue weighted by atomic mass is 9.89. The lowest BCUT2D eigenvalue weighted by Crippen LogP contribution is -2.30. The van der Waals surface area contributed by atoms with Gasteiger partial charge in [-0.15, -0.1) is 11.3 Å². The number of carbonyl (C=O) groups is 2. The minimum Gasteiger partial charge on any atom is -0.326 e. The number of nitrogens with zero attached hydrogens (tertiary/aromatic N) is 1. The zero-order chi connectivity index (χ0) is 20.4. The van der Waals surface area contributed by atoms with Crippen molar-refractivity contribution >= 4 is 34.0 Å². The highest BCUT2D eigenvalue weighted by molar-refractivity contribution is 7.14. The SMILES string of the molecule is O=C(CCC1Cc2ccccc2NC1=O)Nc1nc(-c2ccc(F)c(F)c2)cs1. The average Bonchev–Trinajstić information content (AvgIpc) is 3.17. The van der Waals surface area contributed by atoms with Crippen LogP contribution in [-0.4, -0.2) is 16.8 Å². The largest absolute Gasteiger partial charge is 0.326 e. The van der Waals surface area contributed by atoms with E-state index in [9.17, 15) is 18.4 Å². The maximum atomic E-state index is 13.4. The Hall–Kier alpha value is -3.13. The van der Waals surface area contributed by atoms with Crippen molar-refractivity contribution in [3.8, 4) is 11.3 Å². The number of benzene rings is 2. The number of nitrogens with one attached hydrogen (secondary N) is 2. The van der Waals surface area contributed by atoms with Gasteiger partial charge in [0.15, 0.2) is 16.8 Å². The fourth-order valence-corrected chi connectivity index (χ4v) is 3.99. The molecule has 2 N–H and O–H groups in total. The molecule has 2 amide bonds. The summed E-state index contributed by atoms with van der Waals surface area (Å²) in [5.74, 6) is -2.46. The molecule has 5 nitrogen and oxygen atoms in total. The van der Waals surface area contributed by atoms with E-state index in [1.54, 1.807) is 5.38 Å². The predicted octanol–water partition coefficient (Wildman–Crippen LogP) is 4.62. The first-order chi connectivity index (χ1) is 14.0. The van der Waals surface area contributed by atoms with Crippen LogP contribution in [0.3, 0.4) is 0 Å². The Morgan fingerprint density at radius 3 is 2.86 bits per heavy atom. The topological polar surface area (TPSA) is 71.1 Å². The summed E-state index contributed by atoms with van der Waals surface area (Å²) in [5.41, 5.74) is 2.77. The zero-order valence-corrected chi connectivity index (χ0v) is 16.1. The van der Waals surface area contributed by atoms with Gasteiger partial charge in [-0.2, -0.15) is 0 Å². The van der Waals surface area contributed by atoms with Crippen molar-refractivity contribution in [2.24, 2.45) is 5.92 Å². The van der Waals surface area contributed by atoms with Crippen LogP contribution in [0.4, 0.5) is 19.6 Å². The third-order valence-electron chi connectivity index (χ3n) is 4.80. The average molecular weight is 413 g/mol. The molecule has 2 aromatic carbocycles. The molecule has 29 heavy (non-hydrogen) atoms. The van der Waals surface area contributed by atoms with Gasteiger partial charge in [-0.3, -0.25) is 9.59 Å². The van der Waals surface area contributed by atoms with E-state index in [1.807, 2.05) is 24.3 Å². The van der Waals surface area contributed by atoms with Gasteiger partial charge in [0, 0.05) is 29.0 Å². The lowest BCUT2D eigenvalue weighted by molar-refractivity contribution is -0.121. The van der Waals surface area contributed by atoms with Crippen molar-refractivity contribution in [1.29, 1.82) is 0 Å². The molecule has 148 valence electrons. The molecule has 0 saturated heterocycles. The van der Waals surface area contributed by atoms with Crippen LogP contribution in [0.25, 0.3) is 11.3 Å². The second-order valence-corrected chi connectivity index (χ2v) is 7.66. The number of anilines is 2. The first kappa shape index (κ1) is 19.2. The van der Waals surface area contributed by atoms with Crippen molar-refractivity contribution in [1.82, 2.24) is 4.98 Å². The fourth-order valence-electron chi connectivity index (χ4n) is 3.25. The van der Waals surface area contributed by atoms with Crippen LogP contribution in [0.2, 0.25) is 0 Å². The molecule has 1 aromatic heterocycles. The highest BCUT2D eigenvalue weighted by atomic mass is 32.1. The van der Waals surface area contributed by atoms with Crippen LogP contribution >= 0.6 is 11.3 Å². The third-order valence-corrected chi connectivity index (χ3v) is 5.56. The van der Waals surface area contributed by atoms with E-state index in [4.69, 9.17) is 0 Å². The number of hydrogen-bond donors (Lipinski definition) is 2. The summed E-state index contributed by atoms with van der Waals surface area (Å²) in [4.78, 5) is 28.7. The molecule has 1 aliphatic rings. The van der Waals surface area contributed by atoms with E-state index in [-0.39, 0.29) is 24.2 Å².